The molecule has 3 heterocycles. The van der Waals surface area contributed by atoms with Crippen LogP contribution < -0.4 is 0 Å². The Morgan fingerprint density at radius 1 is 1.25 bits per heavy atom. The SMILES string of the molecule is Cc1nn(C)c2nc(-c3ccccc3)cc(C(=O)N3CCC(F)(C(=O)O)C3)c12. The molecule has 0 aliphatic carbocycles. The van der Waals surface area contributed by atoms with Crippen molar-refractivity contribution in [1.82, 2.24) is 19.7 Å². The normalized spacial score (nSPS) is 19.3. The molecule has 1 N–H and O–H groups in total. The molecule has 0 radical (unpaired) electrons. The third kappa shape index (κ3) is 2.81. The predicted octanol–water partition coefficient (Wildman–Crippen LogP) is 2.58. The Kier molecular flexibility index (Phi) is 4.14. The van der Waals surface area contributed by atoms with Gasteiger partial charge in [-0.05, 0) is 13.0 Å². The number of halogens is 1. The average molecular weight is 382 g/mol. The smallest absolute Gasteiger partial charge is 0.343 e. The lowest BCUT2D eigenvalue weighted by molar-refractivity contribution is -0.149. The number of carboxylic acid groups (broad SMARTS) is 1. The Morgan fingerprint density at radius 3 is 2.61 bits per heavy atom. The topological polar surface area (TPSA) is 88.3 Å². The Bertz CT molecular complexity index is 1100. The molecule has 8 heteroatoms. The first-order chi connectivity index (χ1) is 13.3. The van der Waals surface area contributed by atoms with E-state index in [1.54, 1.807) is 24.7 Å². The highest BCUT2D eigenvalue weighted by Gasteiger charge is 2.47. The Hall–Kier alpha value is -3.29. The van der Waals surface area contributed by atoms with E-state index in [9.17, 15) is 14.0 Å². The van der Waals surface area contributed by atoms with Gasteiger partial charge in [-0.25, -0.2) is 14.2 Å². The molecular weight excluding hydrogens is 363 g/mol. The minimum absolute atomic E-state index is 0.0471. The van der Waals surface area contributed by atoms with Crippen LogP contribution in [0.5, 0.6) is 0 Å². The number of aryl methyl sites for hydroxylation is 2. The zero-order chi connectivity index (χ0) is 20.1. The summed E-state index contributed by atoms with van der Waals surface area (Å²) in [5.41, 5.74) is 0.563. The van der Waals surface area contributed by atoms with E-state index >= 15 is 0 Å². The fraction of sp³-hybridized carbons (Fsp3) is 0.300. The minimum atomic E-state index is -2.41. The molecule has 1 aliphatic rings. The summed E-state index contributed by atoms with van der Waals surface area (Å²) in [6, 6.07) is 11.1. The number of amides is 1. The van der Waals surface area contributed by atoms with Crippen LogP contribution in [0.25, 0.3) is 22.3 Å². The molecule has 1 amide bonds. The van der Waals surface area contributed by atoms with Crippen molar-refractivity contribution in [2.24, 2.45) is 7.05 Å². The average Bonchev–Trinajstić information content (AvgIpc) is 3.22. The number of aromatic nitrogens is 3. The molecule has 0 bridgehead atoms. The number of alkyl halides is 1. The van der Waals surface area contributed by atoms with Gasteiger partial charge in [0.25, 0.3) is 5.91 Å². The van der Waals surface area contributed by atoms with Gasteiger partial charge in [-0.15, -0.1) is 0 Å². The highest BCUT2D eigenvalue weighted by atomic mass is 19.1. The Labute approximate surface area is 160 Å². The van der Waals surface area contributed by atoms with Crippen LogP contribution in [-0.2, 0) is 11.8 Å². The van der Waals surface area contributed by atoms with Crippen LogP contribution in [0.15, 0.2) is 36.4 Å². The maximum atomic E-state index is 14.5. The fourth-order valence-electron chi connectivity index (χ4n) is 3.66. The summed E-state index contributed by atoms with van der Waals surface area (Å²) in [5.74, 6) is -1.95. The van der Waals surface area contributed by atoms with Gasteiger partial charge in [0.1, 0.15) is 0 Å². The molecule has 1 atom stereocenters. The van der Waals surface area contributed by atoms with Crippen LogP contribution in [0, 0.1) is 6.92 Å². The van der Waals surface area contributed by atoms with Gasteiger partial charge in [0.05, 0.1) is 28.9 Å². The maximum Gasteiger partial charge on any atom is 0.343 e. The molecular formula is C20H19FN4O3. The molecule has 0 spiro atoms. The van der Waals surface area contributed by atoms with E-state index < -0.39 is 24.1 Å². The number of carboxylic acids is 1. The minimum Gasteiger partial charge on any atom is -0.479 e. The highest BCUT2D eigenvalue weighted by Crippen LogP contribution is 2.31. The van der Waals surface area contributed by atoms with Crippen LogP contribution >= 0.6 is 0 Å². The second-order valence-corrected chi connectivity index (χ2v) is 7.08. The van der Waals surface area contributed by atoms with E-state index in [1.807, 2.05) is 30.3 Å². The lowest BCUT2D eigenvalue weighted by Crippen LogP contribution is -2.39. The number of hydrogen-bond acceptors (Lipinski definition) is 4. The monoisotopic (exact) mass is 382 g/mol. The fourth-order valence-corrected chi connectivity index (χ4v) is 3.66. The molecule has 0 saturated carbocycles. The largest absolute Gasteiger partial charge is 0.479 e. The predicted molar refractivity (Wildman–Crippen MR) is 101 cm³/mol. The van der Waals surface area contributed by atoms with Gasteiger partial charge in [0, 0.05) is 25.6 Å². The third-order valence-corrected chi connectivity index (χ3v) is 5.16. The number of likely N-dealkylation sites (tertiary alicyclic amines) is 1. The summed E-state index contributed by atoms with van der Waals surface area (Å²) >= 11 is 0. The molecule has 28 heavy (non-hydrogen) atoms. The van der Waals surface area contributed by atoms with Crippen molar-refractivity contribution in [2.45, 2.75) is 19.0 Å². The highest BCUT2D eigenvalue weighted by molar-refractivity contribution is 6.07. The molecule has 3 aromatic rings. The summed E-state index contributed by atoms with van der Waals surface area (Å²) in [7, 11) is 1.75. The van der Waals surface area contributed by atoms with Crippen molar-refractivity contribution < 1.29 is 19.1 Å². The van der Waals surface area contributed by atoms with E-state index in [4.69, 9.17) is 5.11 Å². The third-order valence-electron chi connectivity index (χ3n) is 5.16. The number of nitrogens with zero attached hydrogens (tertiary/aromatic N) is 4. The summed E-state index contributed by atoms with van der Waals surface area (Å²) < 4.78 is 16.1. The number of carbonyl (C=O) groups excluding carboxylic acids is 1. The molecule has 1 aliphatic heterocycles. The number of hydrogen-bond donors (Lipinski definition) is 1. The van der Waals surface area contributed by atoms with Crippen molar-refractivity contribution in [3.05, 3.63) is 47.7 Å². The summed E-state index contributed by atoms with van der Waals surface area (Å²) in [6.07, 6.45) is -0.222. The first kappa shape index (κ1) is 18.1. The molecule has 2 aromatic heterocycles. The van der Waals surface area contributed by atoms with Gasteiger partial charge in [-0.2, -0.15) is 5.10 Å². The molecule has 7 nitrogen and oxygen atoms in total. The second-order valence-electron chi connectivity index (χ2n) is 7.08. The lowest BCUT2D eigenvalue weighted by Gasteiger charge is -2.19. The van der Waals surface area contributed by atoms with Gasteiger partial charge < -0.3 is 10.0 Å². The first-order valence-electron chi connectivity index (χ1n) is 8.91. The quantitative estimate of drug-likeness (QED) is 0.752. The molecule has 1 saturated heterocycles. The van der Waals surface area contributed by atoms with Gasteiger partial charge in [0.15, 0.2) is 5.65 Å². The number of benzene rings is 1. The summed E-state index contributed by atoms with van der Waals surface area (Å²) in [5, 5.41) is 14.1. The number of pyridine rings is 1. The first-order valence-corrected chi connectivity index (χ1v) is 8.91. The van der Waals surface area contributed by atoms with E-state index in [-0.39, 0.29) is 13.0 Å². The molecule has 4 rings (SSSR count). The van der Waals surface area contributed by atoms with Gasteiger partial charge in [-0.3, -0.25) is 9.48 Å². The van der Waals surface area contributed by atoms with Crippen molar-refractivity contribution in [3.63, 3.8) is 0 Å². The Morgan fingerprint density at radius 2 is 1.96 bits per heavy atom. The second kappa shape index (κ2) is 6.40. The van der Waals surface area contributed by atoms with E-state index in [0.29, 0.717) is 28.0 Å². The van der Waals surface area contributed by atoms with Crippen LogP contribution in [0.4, 0.5) is 4.39 Å². The lowest BCUT2D eigenvalue weighted by atomic mass is 10.0. The van der Waals surface area contributed by atoms with E-state index in [1.165, 1.54) is 4.90 Å². The van der Waals surface area contributed by atoms with Crippen molar-refractivity contribution in [2.75, 3.05) is 13.1 Å². The standard InChI is InChI=1S/C20H19FN4O3/c1-12-16-14(18(26)25-9-8-20(21,11-25)19(27)28)10-15(13-6-4-3-5-7-13)22-17(16)24(2)23-12/h3-7,10H,8-9,11H2,1-2H3,(H,27,28). The summed E-state index contributed by atoms with van der Waals surface area (Å²) in [4.78, 5) is 30.3. The molecule has 1 unspecified atom stereocenters. The van der Waals surface area contributed by atoms with E-state index in [2.05, 4.69) is 10.1 Å². The van der Waals surface area contributed by atoms with Crippen LogP contribution in [-0.4, -0.2) is 55.4 Å². The number of fused-ring (bicyclic) bond motifs is 1. The van der Waals surface area contributed by atoms with Gasteiger partial charge in [0.2, 0.25) is 5.67 Å². The summed E-state index contributed by atoms with van der Waals surface area (Å²) in [6.45, 7) is 1.36. The zero-order valence-corrected chi connectivity index (χ0v) is 15.5. The number of carbonyl (C=O) groups is 2. The molecule has 1 aromatic carbocycles. The van der Waals surface area contributed by atoms with Crippen LogP contribution in [0.1, 0.15) is 22.5 Å². The van der Waals surface area contributed by atoms with Crippen molar-refractivity contribution in [3.8, 4) is 11.3 Å². The number of aliphatic carboxylic acids is 1. The van der Waals surface area contributed by atoms with Crippen LogP contribution in [0.2, 0.25) is 0 Å². The van der Waals surface area contributed by atoms with Crippen molar-refractivity contribution >= 4 is 22.9 Å². The van der Waals surface area contributed by atoms with Crippen LogP contribution in [0.3, 0.4) is 0 Å². The van der Waals surface area contributed by atoms with E-state index in [0.717, 1.165) is 5.56 Å². The van der Waals surface area contributed by atoms with Crippen molar-refractivity contribution in [1.29, 1.82) is 0 Å². The maximum absolute atomic E-state index is 14.5. The molecule has 1 fully saturated rings. The van der Waals surface area contributed by atoms with Gasteiger partial charge in [-0.1, -0.05) is 30.3 Å². The number of rotatable bonds is 3. The molecule has 144 valence electrons. The van der Waals surface area contributed by atoms with Gasteiger partial charge >= 0.3 is 5.97 Å². The Balaban J connectivity index is 1.84. The zero-order valence-electron chi connectivity index (χ0n) is 15.5.